The van der Waals surface area contributed by atoms with Crippen molar-refractivity contribution in [3.8, 4) is 0 Å². The van der Waals surface area contributed by atoms with E-state index in [-0.39, 0.29) is 5.91 Å². The van der Waals surface area contributed by atoms with Crippen LogP contribution in [-0.2, 0) is 4.79 Å². The van der Waals surface area contributed by atoms with Gasteiger partial charge in [0.15, 0.2) is 0 Å². The van der Waals surface area contributed by atoms with Crippen LogP contribution in [0.2, 0.25) is 0 Å². The minimum absolute atomic E-state index is 0.0426. The molecule has 2 aromatic rings. The predicted octanol–water partition coefficient (Wildman–Crippen LogP) is 6.34. The first-order valence-electron chi connectivity index (χ1n) is 13.4. The van der Waals surface area contributed by atoms with Crippen LogP contribution in [-0.4, -0.2) is 42.6 Å². The van der Waals surface area contributed by atoms with Gasteiger partial charge in [0.2, 0.25) is 11.9 Å². The molecule has 0 aliphatic carbocycles. The minimum atomic E-state index is -0.663. The molecule has 2 rings (SSSR count). The first-order valence-corrected chi connectivity index (χ1v) is 13.4. The number of rotatable bonds is 16. The monoisotopic (exact) mass is 528 g/mol. The Morgan fingerprint density at radius 2 is 1.95 bits per heavy atom. The van der Waals surface area contributed by atoms with Crippen molar-refractivity contribution < 1.29 is 4.79 Å². The second kappa shape index (κ2) is 16.1. The molecular formula is C32H44N6O. The van der Waals surface area contributed by atoms with Crippen LogP contribution < -0.4 is 21.3 Å². The van der Waals surface area contributed by atoms with Crippen molar-refractivity contribution in [1.29, 1.82) is 0 Å². The molecule has 4 N–H and O–H groups in total. The second-order valence-corrected chi connectivity index (χ2v) is 9.79. The molecule has 0 fully saturated rings. The number of anilines is 3. The molecular weight excluding hydrogens is 484 g/mol. The molecule has 0 radical (unpaired) electrons. The first-order chi connectivity index (χ1) is 18.7. The number of aryl methyl sites for hydroxylation is 1. The smallest absolute Gasteiger partial charge is 0.230 e. The lowest BCUT2D eigenvalue weighted by Gasteiger charge is -2.24. The molecule has 0 saturated carbocycles. The summed E-state index contributed by atoms with van der Waals surface area (Å²) in [6, 6.07) is 8.10. The number of carbonyl (C=O) groups is 1. The predicted molar refractivity (Wildman–Crippen MR) is 166 cm³/mol. The zero-order valence-corrected chi connectivity index (χ0v) is 24.1. The molecule has 0 unspecified atom stereocenters. The van der Waals surface area contributed by atoms with Crippen LogP contribution in [0.25, 0.3) is 5.57 Å². The highest BCUT2D eigenvalue weighted by atomic mass is 16.2. The molecule has 0 bridgehead atoms. The summed E-state index contributed by atoms with van der Waals surface area (Å²) in [4.78, 5) is 22.1. The van der Waals surface area contributed by atoms with Gasteiger partial charge in [-0.1, -0.05) is 61.7 Å². The number of hydrogen-bond acceptors (Lipinski definition) is 6. The number of allylic oxidation sites excluding steroid dienone is 6. The summed E-state index contributed by atoms with van der Waals surface area (Å²) in [6.07, 6.45) is 15.0. The van der Waals surface area contributed by atoms with Gasteiger partial charge in [0.05, 0.1) is 5.41 Å². The number of amides is 1. The molecule has 0 aliphatic rings. The van der Waals surface area contributed by atoms with Gasteiger partial charge in [0, 0.05) is 30.5 Å². The summed E-state index contributed by atoms with van der Waals surface area (Å²) < 4.78 is 0. The van der Waals surface area contributed by atoms with Crippen LogP contribution in [0.4, 0.5) is 17.5 Å². The van der Waals surface area contributed by atoms with E-state index >= 15 is 0 Å². The summed E-state index contributed by atoms with van der Waals surface area (Å²) >= 11 is 0. The number of aromatic nitrogens is 2. The van der Waals surface area contributed by atoms with Crippen molar-refractivity contribution >= 4 is 28.9 Å². The number of nitrogens with zero attached hydrogens (tertiary/aromatic N) is 2. The molecule has 208 valence electrons. The summed E-state index contributed by atoms with van der Waals surface area (Å²) in [5.41, 5.74) is 4.01. The summed E-state index contributed by atoms with van der Waals surface area (Å²) in [5.74, 6) is 1.22. The molecule has 39 heavy (non-hydrogen) atoms. The van der Waals surface area contributed by atoms with Gasteiger partial charge < -0.3 is 21.3 Å². The lowest BCUT2D eigenvalue weighted by Crippen LogP contribution is -2.38. The molecule has 7 heteroatoms. The maximum Gasteiger partial charge on any atom is 0.230 e. The first kappa shape index (κ1) is 31.2. The van der Waals surface area contributed by atoms with E-state index in [1.165, 1.54) is 0 Å². The largest absolute Gasteiger partial charge is 0.369 e. The highest BCUT2D eigenvalue weighted by molar-refractivity contribution is 5.85. The number of benzene rings is 1. The third-order valence-corrected chi connectivity index (χ3v) is 6.20. The van der Waals surface area contributed by atoms with Crippen molar-refractivity contribution in [2.24, 2.45) is 5.41 Å². The quantitative estimate of drug-likeness (QED) is 0.150. The van der Waals surface area contributed by atoms with E-state index < -0.39 is 5.41 Å². The number of hydrogen-bond donors (Lipinski definition) is 4. The Morgan fingerprint density at radius 1 is 1.15 bits per heavy atom. The Balaban J connectivity index is 2.17. The summed E-state index contributed by atoms with van der Waals surface area (Å²) in [7, 11) is 1.94. The van der Waals surface area contributed by atoms with Crippen molar-refractivity contribution in [3.63, 3.8) is 0 Å². The summed E-state index contributed by atoms with van der Waals surface area (Å²) in [5, 5.41) is 13.0. The standard InChI is InChI=1S/C32H44N6O/c1-8-14-25(4)32(5,6)30(39)35-20-11-10-17-26(15-9-2)28-23-36-31(37-27-18-12-16-24(3)22-27)38-29(28)34-21-13-19-33-7/h8-10,12,14-18,22-23,33H,2,4,11,13,19-21H2,1,3,5-7H3,(H,35,39)(H2,34,36,37,38)/b14-8-,17-10-,26-15+. The highest BCUT2D eigenvalue weighted by Crippen LogP contribution is 2.27. The van der Waals surface area contributed by atoms with E-state index in [0.29, 0.717) is 18.9 Å². The van der Waals surface area contributed by atoms with Crippen molar-refractivity contribution in [2.45, 2.75) is 40.5 Å². The van der Waals surface area contributed by atoms with E-state index in [2.05, 4.69) is 58.5 Å². The maximum atomic E-state index is 12.7. The molecule has 1 amide bonds. The molecule has 0 spiro atoms. The third-order valence-electron chi connectivity index (χ3n) is 6.20. The maximum absolute atomic E-state index is 12.7. The van der Waals surface area contributed by atoms with Gasteiger partial charge in [-0.15, -0.1) is 0 Å². The molecule has 7 nitrogen and oxygen atoms in total. The van der Waals surface area contributed by atoms with Crippen LogP contribution >= 0.6 is 0 Å². The van der Waals surface area contributed by atoms with Gasteiger partial charge >= 0.3 is 0 Å². The van der Waals surface area contributed by atoms with Gasteiger partial charge in [0.1, 0.15) is 5.82 Å². The van der Waals surface area contributed by atoms with Crippen LogP contribution in [0.15, 0.2) is 85.6 Å². The van der Waals surface area contributed by atoms with Gasteiger partial charge in [0.25, 0.3) is 0 Å². The average Bonchev–Trinajstić information content (AvgIpc) is 2.90. The molecule has 0 atom stereocenters. The van der Waals surface area contributed by atoms with Crippen molar-refractivity contribution in [3.05, 3.63) is 96.8 Å². The van der Waals surface area contributed by atoms with E-state index in [4.69, 9.17) is 4.98 Å². The Hall–Kier alpha value is -3.97. The SMILES string of the molecule is C=C/C=C(\C=C/CCNC(=O)C(C)(C)C(=C)/C=C\C)c1cnc(Nc2cccc(C)c2)nc1NCCCNC. The average molecular weight is 529 g/mol. The van der Waals surface area contributed by atoms with Gasteiger partial charge in [-0.2, -0.15) is 4.98 Å². The van der Waals surface area contributed by atoms with Gasteiger partial charge in [-0.05, 0) is 83.0 Å². The Kier molecular flexibility index (Phi) is 12.9. The fourth-order valence-electron chi connectivity index (χ4n) is 3.73. The van der Waals surface area contributed by atoms with Crippen molar-refractivity contribution in [1.82, 2.24) is 20.6 Å². The number of carbonyl (C=O) groups excluding carboxylic acids is 1. The topological polar surface area (TPSA) is 91.0 Å². The summed E-state index contributed by atoms with van der Waals surface area (Å²) in [6.45, 7) is 17.8. The lowest BCUT2D eigenvalue weighted by atomic mass is 9.84. The molecule has 0 saturated heterocycles. The molecule has 1 aromatic carbocycles. The van der Waals surface area contributed by atoms with Crippen molar-refractivity contribution in [2.75, 3.05) is 37.3 Å². The normalized spacial score (nSPS) is 12.1. The van der Waals surface area contributed by atoms with Gasteiger partial charge in [-0.3, -0.25) is 4.79 Å². The Bertz CT molecular complexity index is 1210. The van der Waals surface area contributed by atoms with Gasteiger partial charge in [-0.25, -0.2) is 4.98 Å². The highest BCUT2D eigenvalue weighted by Gasteiger charge is 2.28. The third kappa shape index (κ3) is 10.0. The van der Waals surface area contributed by atoms with E-state index in [1.807, 2.05) is 76.5 Å². The minimum Gasteiger partial charge on any atom is -0.369 e. The fraction of sp³-hybridized carbons (Fsp3) is 0.344. The second-order valence-electron chi connectivity index (χ2n) is 9.79. The van der Waals surface area contributed by atoms with Crippen LogP contribution in [0, 0.1) is 12.3 Å². The van der Waals surface area contributed by atoms with E-state index in [1.54, 1.807) is 6.08 Å². The Labute approximate surface area is 234 Å². The fourth-order valence-corrected chi connectivity index (χ4v) is 3.73. The molecule has 0 aliphatic heterocycles. The van der Waals surface area contributed by atoms with E-state index in [9.17, 15) is 4.79 Å². The van der Waals surface area contributed by atoms with Crippen LogP contribution in [0.3, 0.4) is 0 Å². The van der Waals surface area contributed by atoms with Crippen LogP contribution in [0.1, 0.15) is 44.7 Å². The molecule has 1 aromatic heterocycles. The number of nitrogens with one attached hydrogen (secondary N) is 4. The zero-order chi connectivity index (χ0) is 28.7. The molecule has 1 heterocycles. The zero-order valence-electron chi connectivity index (χ0n) is 24.1. The van der Waals surface area contributed by atoms with E-state index in [0.717, 1.165) is 53.3 Å². The lowest BCUT2D eigenvalue weighted by molar-refractivity contribution is -0.127. The Morgan fingerprint density at radius 3 is 2.64 bits per heavy atom. The van der Waals surface area contributed by atoms with Crippen LogP contribution in [0.5, 0.6) is 0 Å².